The fourth-order valence-electron chi connectivity index (χ4n) is 2.26. The zero-order valence-electron chi connectivity index (χ0n) is 10.9. The van der Waals surface area contributed by atoms with E-state index in [-0.39, 0.29) is 11.7 Å². The molecule has 0 unspecified atom stereocenters. The first-order valence-electron chi connectivity index (χ1n) is 6.23. The number of ketones is 1. The molecule has 2 aromatic rings. The first-order chi connectivity index (χ1) is 9.59. The maximum atomic E-state index is 12.5. The van der Waals surface area contributed by atoms with Crippen LogP contribution in [0.2, 0.25) is 0 Å². The summed E-state index contributed by atoms with van der Waals surface area (Å²) in [6.07, 6.45) is 0. The van der Waals surface area contributed by atoms with Gasteiger partial charge in [0, 0.05) is 5.56 Å². The predicted molar refractivity (Wildman–Crippen MR) is 76.5 cm³/mol. The molecule has 1 aliphatic heterocycles. The fraction of sp³-hybridized carbons (Fsp3) is 0.0625. The maximum absolute atomic E-state index is 12.5. The number of benzene rings is 2. The summed E-state index contributed by atoms with van der Waals surface area (Å²) in [6.45, 7) is 1.94. The number of hydrogen-bond donors (Lipinski definition) is 1. The van der Waals surface area contributed by atoms with Crippen LogP contribution in [0.3, 0.4) is 0 Å². The number of rotatable bonds is 1. The van der Waals surface area contributed by atoms with Gasteiger partial charge in [-0.2, -0.15) is 0 Å². The monoisotopic (exact) mass is 264 g/mol. The lowest BCUT2D eigenvalue weighted by atomic mass is 9.96. The normalized spacial score (nSPS) is 14.4. The molecule has 0 aliphatic carbocycles. The van der Waals surface area contributed by atoms with Crippen molar-refractivity contribution < 1.29 is 9.59 Å². The molecule has 0 aromatic heterocycles. The number of fused-ring (bicyclic) bond motifs is 1. The summed E-state index contributed by atoms with van der Waals surface area (Å²) >= 11 is 0. The second-order valence-corrected chi connectivity index (χ2v) is 4.70. The van der Waals surface area contributed by atoms with Gasteiger partial charge in [0.15, 0.2) is 5.84 Å². The highest BCUT2D eigenvalue weighted by Crippen LogP contribution is 2.25. The fourth-order valence-corrected chi connectivity index (χ4v) is 2.26. The number of carbonyl (C=O) groups excluding carboxylic acids is 2. The second kappa shape index (κ2) is 4.42. The molecule has 0 saturated heterocycles. The van der Waals surface area contributed by atoms with Gasteiger partial charge in [0.2, 0.25) is 5.78 Å². The number of amides is 1. The Labute approximate surface area is 116 Å². The number of carbonyl (C=O) groups is 2. The number of hydrogen-bond acceptors (Lipinski definition) is 3. The Kier molecular flexibility index (Phi) is 2.71. The van der Waals surface area contributed by atoms with Crippen LogP contribution in [0.4, 0.5) is 5.69 Å². The molecule has 98 valence electrons. The van der Waals surface area contributed by atoms with E-state index in [1.54, 1.807) is 36.4 Å². The molecule has 0 saturated carbocycles. The highest BCUT2D eigenvalue weighted by molar-refractivity contribution is 6.56. The van der Waals surface area contributed by atoms with Crippen LogP contribution in [0.1, 0.15) is 26.3 Å². The molecule has 1 aliphatic rings. The van der Waals surface area contributed by atoms with Gasteiger partial charge in [0.25, 0.3) is 5.91 Å². The Morgan fingerprint density at radius 2 is 1.50 bits per heavy atom. The van der Waals surface area contributed by atoms with Gasteiger partial charge in [0.1, 0.15) is 0 Å². The Balaban J connectivity index is 2.14. The molecule has 1 amide bonds. The van der Waals surface area contributed by atoms with Crippen LogP contribution in [0, 0.1) is 12.3 Å². The van der Waals surface area contributed by atoms with Crippen molar-refractivity contribution in [3.63, 3.8) is 0 Å². The van der Waals surface area contributed by atoms with E-state index in [1.165, 1.54) is 0 Å². The highest BCUT2D eigenvalue weighted by atomic mass is 16.2. The molecular weight excluding hydrogens is 252 g/mol. The molecule has 0 atom stereocenters. The van der Waals surface area contributed by atoms with Crippen molar-refractivity contribution in [3.8, 4) is 0 Å². The first kappa shape index (κ1) is 12.3. The van der Waals surface area contributed by atoms with Crippen LogP contribution in [-0.2, 0) is 0 Å². The van der Waals surface area contributed by atoms with E-state index in [0.29, 0.717) is 16.8 Å². The van der Waals surface area contributed by atoms with Crippen LogP contribution in [0.25, 0.3) is 0 Å². The van der Waals surface area contributed by atoms with E-state index in [1.807, 2.05) is 19.1 Å². The van der Waals surface area contributed by atoms with Crippen LogP contribution in [0.15, 0.2) is 48.5 Å². The molecule has 2 aromatic carbocycles. The molecule has 3 rings (SSSR count). The largest absolute Gasteiger partial charge is 0.285 e. The third-order valence-electron chi connectivity index (χ3n) is 3.34. The molecule has 1 heterocycles. The summed E-state index contributed by atoms with van der Waals surface area (Å²) in [5.41, 5.74) is 2.23. The van der Waals surface area contributed by atoms with E-state index in [4.69, 9.17) is 5.41 Å². The molecular formula is C16H12N2O2. The number of nitrogens with one attached hydrogen (secondary N) is 1. The van der Waals surface area contributed by atoms with Gasteiger partial charge in [-0.25, -0.2) is 0 Å². The molecule has 20 heavy (non-hydrogen) atoms. The summed E-state index contributed by atoms with van der Waals surface area (Å²) < 4.78 is 0. The first-order valence-corrected chi connectivity index (χ1v) is 6.23. The average molecular weight is 264 g/mol. The van der Waals surface area contributed by atoms with Gasteiger partial charge >= 0.3 is 0 Å². The predicted octanol–water partition coefficient (Wildman–Crippen LogP) is 2.82. The number of Topliss-reactive ketones (excluding diaryl/α,β-unsaturated/α-hetero) is 1. The summed E-state index contributed by atoms with van der Waals surface area (Å²) in [4.78, 5) is 25.8. The number of nitrogens with zero attached hydrogens (tertiary/aromatic N) is 1. The van der Waals surface area contributed by atoms with Gasteiger partial charge in [-0.3, -0.25) is 19.9 Å². The number of amidine groups is 1. The average Bonchev–Trinajstić information content (AvgIpc) is 2.47. The lowest BCUT2D eigenvalue weighted by molar-refractivity contribution is 0.0966. The second-order valence-electron chi connectivity index (χ2n) is 4.70. The summed E-state index contributed by atoms with van der Waals surface area (Å²) in [7, 11) is 0. The van der Waals surface area contributed by atoms with Crippen LogP contribution >= 0.6 is 0 Å². The zero-order chi connectivity index (χ0) is 14.3. The number of anilines is 1. The van der Waals surface area contributed by atoms with Gasteiger partial charge in [0.05, 0.1) is 11.3 Å². The molecule has 0 bridgehead atoms. The molecule has 0 fully saturated rings. The number of aryl methyl sites for hydroxylation is 1. The zero-order valence-corrected chi connectivity index (χ0v) is 10.9. The van der Waals surface area contributed by atoms with Crippen molar-refractivity contribution in [3.05, 3.63) is 65.2 Å². The third kappa shape index (κ3) is 1.73. The van der Waals surface area contributed by atoms with E-state index < -0.39 is 5.78 Å². The van der Waals surface area contributed by atoms with Crippen molar-refractivity contribution in [2.45, 2.75) is 6.92 Å². The van der Waals surface area contributed by atoms with E-state index >= 15 is 0 Å². The Morgan fingerprint density at radius 1 is 0.900 bits per heavy atom. The minimum atomic E-state index is -0.430. The van der Waals surface area contributed by atoms with Gasteiger partial charge in [-0.1, -0.05) is 35.9 Å². The Hall–Kier alpha value is -2.75. The molecule has 0 radical (unpaired) electrons. The van der Waals surface area contributed by atoms with Crippen LogP contribution < -0.4 is 4.90 Å². The highest BCUT2D eigenvalue weighted by Gasteiger charge is 2.35. The summed E-state index contributed by atoms with van der Waals surface area (Å²) in [5, 5.41) is 7.96. The quantitative estimate of drug-likeness (QED) is 0.860. The SMILES string of the molecule is Cc1ccc(N2C(=N)C(=O)c3ccccc3C2=O)cc1. The third-order valence-corrected chi connectivity index (χ3v) is 3.34. The maximum Gasteiger partial charge on any atom is 0.264 e. The van der Waals surface area contributed by atoms with E-state index in [2.05, 4.69) is 0 Å². The lowest BCUT2D eigenvalue weighted by Crippen LogP contribution is -2.46. The molecule has 1 N–H and O–H groups in total. The smallest absolute Gasteiger partial charge is 0.264 e. The van der Waals surface area contributed by atoms with Crippen LogP contribution in [-0.4, -0.2) is 17.5 Å². The van der Waals surface area contributed by atoms with Crippen molar-refractivity contribution in [2.24, 2.45) is 0 Å². The Morgan fingerprint density at radius 3 is 2.15 bits per heavy atom. The minimum Gasteiger partial charge on any atom is -0.285 e. The Bertz CT molecular complexity index is 732. The van der Waals surface area contributed by atoms with Crippen molar-refractivity contribution >= 4 is 23.2 Å². The van der Waals surface area contributed by atoms with E-state index in [9.17, 15) is 9.59 Å². The van der Waals surface area contributed by atoms with Crippen molar-refractivity contribution in [1.29, 1.82) is 5.41 Å². The lowest BCUT2D eigenvalue weighted by Gasteiger charge is -2.27. The minimum absolute atomic E-state index is 0.297. The van der Waals surface area contributed by atoms with E-state index in [0.717, 1.165) is 10.5 Å². The molecule has 4 nitrogen and oxygen atoms in total. The molecule has 4 heteroatoms. The van der Waals surface area contributed by atoms with Crippen LogP contribution in [0.5, 0.6) is 0 Å². The summed E-state index contributed by atoms with van der Waals surface area (Å²) in [6, 6.07) is 13.8. The van der Waals surface area contributed by atoms with Gasteiger partial charge in [-0.05, 0) is 25.1 Å². The van der Waals surface area contributed by atoms with Gasteiger partial charge in [-0.15, -0.1) is 0 Å². The standard InChI is InChI=1S/C16H12N2O2/c1-10-6-8-11(9-7-10)18-15(17)14(19)12-4-2-3-5-13(12)16(18)20/h2-9,17H,1H3. The topological polar surface area (TPSA) is 61.2 Å². The van der Waals surface area contributed by atoms with Gasteiger partial charge < -0.3 is 0 Å². The molecule has 0 spiro atoms. The van der Waals surface area contributed by atoms with Crippen molar-refractivity contribution in [1.82, 2.24) is 0 Å². The summed E-state index contributed by atoms with van der Waals surface area (Å²) in [5.74, 6) is -1.08. The van der Waals surface area contributed by atoms with Crippen molar-refractivity contribution in [2.75, 3.05) is 4.90 Å².